The number of carboxylic acid groups (broad SMARTS) is 1. The molecule has 1 aromatic rings. The number of hydrogen-bond acceptors (Lipinski definition) is 3. The summed E-state index contributed by atoms with van der Waals surface area (Å²) in [6, 6.07) is 5.31. The number of aromatic carboxylic acids is 1. The number of carbonyl (C=O) groups is 1. The number of hydrogen-bond donors (Lipinski definition) is 2. The zero-order valence-corrected chi connectivity index (χ0v) is 13.0. The molecular formula is C17H24N2O2. The predicted octanol–water partition coefficient (Wildman–Crippen LogP) is 3.15. The quantitative estimate of drug-likeness (QED) is 0.662. The fourth-order valence-corrected chi connectivity index (χ4v) is 2.79. The smallest absolute Gasteiger partial charge is 0.338 e. The Morgan fingerprint density at radius 3 is 2.62 bits per heavy atom. The van der Waals surface area contributed by atoms with E-state index < -0.39 is 5.97 Å². The summed E-state index contributed by atoms with van der Waals surface area (Å²) in [5.41, 5.74) is 8.85. The minimum Gasteiger partial charge on any atom is -0.478 e. The summed E-state index contributed by atoms with van der Waals surface area (Å²) in [6.07, 6.45) is 3.31. The molecule has 4 nitrogen and oxygen atoms in total. The van der Waals surface area contributed by atoms with Crippen LogP contribution in [-0.2, 0) is 6.54 Å². The monoisotopic (exact) mass is 288 g/mol. The van der Waals surface area contributed by atoms with E-state index in [4.69, 9.17) is 5.73 Å². The maximum absolute atomic E-state index is 11.4. The van der Waals surface area contributed by atoms with Crippen LogP contribution in [0.2, 0.25) is 0 Å². The van der Waals surface area contributed by atoms with Crippen LogP contribution in [0.5, 0.6) is 0 Å². The summed E-state index contributed by atoms with van der Waals surface area (Å²) in [5.74, 6) is -0.953. The summed E-state index contributed by atoms with van der Waals surface area (Å²) in [4.78, 5) is 13.6. The molecule has 0 saturated heterocycles. The first-order valence-electron chi connectivity index (χ1n) is 7.31. The lowest BCUT2D eigenvalue weighted by Gasteiger charge is -2.32. The third-order valence-corrected chi connectivity index (χ3v) is 4.05. The number of nitrogens with zero attached hydrogens (tertiary/aromatic N) is 1. The van der Waals surface area contributed by atoms with Crippen molar-refractivity contribution in [3.8, 4) is 0 Å². The maximum atomic E-state index is 11.4. The molecule has 0 unspecified atom stereocenters. The van der Waals surface area contributed by atoms with E-state index in [1.54, 1.807) is 6.07 Å². The summed E-state index contributed by atoms with van der Waals surface area (Å²) < 4.78 is 0. The summed E-state index contributed by atoms with van der Waals surface area (Å²) >= 11 is 0. The van der Waals surface area contributed by atoms with Crippen molar-refractivity contribution in [2.75, 3.05) is 18.8 Å². The van der Waals surface area contributed by atoms with Crippen LogP contribution >= 0.6 is 0 Å². The lowest BCUT2D eigenvalue weighted by Crippen LogP contribution is -2.31. The topological polar surface area (TPSA) is 66.6 Å². The Kier molecular flexibility index (Phi) is 4.37. The van der Waals surface area contributed by atoms with Crippen LogP contribution in [0, 0.1) is 5.41 Å². The molecule has 1 aromatic carbocycles. The van der Waals surface area contributed by atoms with Crippen LogP contribution in [0.15, 0.2) is 29.8 Å². The molecule has 0 radical (unpaired) electrons. The van der Waals surface area contributed by atoms with Gasteiger partial charge in [0.05, 0.1) is 5.56 Å². The normalized spacial score (nSPS) is 16.6. The third kappa shape index (κ3) is 3.64. The Morgan fingerprint density at radius 1 is 1.38 bits per heavy atom. The van der Waals surface area contributed by atoms with E-state index in [1.165, 1.54) is 5.57 Å². The molecule has 0 spiro atoms. The zero-order chi connectivity index (χ0) is 15.6. The van der Waals surface area contributed by atoms with E-state index in [2.05, 4.69) is 31.7 Å². The highest BCUT2D eigenvalue weighted by Crippen LogP contribution is 2.30. The lowest BCUT2D eigenvalue weighted by molar-refractivity contribution is 0.0695. The Balaban J connectivity index is 2.13. The molecule has 21 heavy (non-hydrogen) atoms. The maximum Gasteiger partial charge on any atom is 0.338 e. The van der Waals surface area contributed by atoms with Crippen LogP contribution in [0.1, 0.15) is 43.1 Å². The minimum atomic E-state index is -0.953. The van der Waals surface area contributed by atoms with Crippen molar-refractivity contribution in [1.82, 2.24) is 4.90 Å². The van der Waals surface area contributed by atoms with Crippen LogP contribution in [0.25, 0.3) is 0 Å². The first-order valence-corrected chi connectivity index (χ1v) is 7.31. The molecule has 0 atom stereocenters. The lowest BCUT2D eigenvalue weighted by atomic mass is 9.83. The van der Waals surface area contributed by atoms with Gasteiger partial charge >= 0.3 is 5.97 Å². The second-order valence-electron chi connectivity index (χ2n) is 6.65. The van der Waals surface area contributed by atoms with Crippen molar-refractivity contribution < 1.29 is 9.90 Å². The molecule has 114 valence electrons. The van der Waals surface area contributed by atoms with Crippen LogP contribution in [0.4, 0.5) is 5.69 Å². The Labute approximate surface area is 126 Å². The number of anilines is 1. The summed E-state index contributed by atoms with van der Waals surface area (Å²) in [6.45, 7) is 9.14. The van der Waals surface area contributed by atoms with Crippen molar-refractivity contribution in [1.29, 1.82) is 0 Å². The molecule has 4 heteroatoms. The molecule has 1 heterocycles. The third-order valence-electron chi connectivity index (χ3n) is 4.05. The second-order valence-corrected chi connectivity index (χ2v) is 6.65. The van der Waals surface area contributed by atoms with E-state index >= 15 is 0 Å². The van der Waals surface area contributed by atoms with Crippen LogP contribution in [-0.4, -0.2) is 29.1 Å². The van der Waals surface area contributed by atoms with E-state index in [1.807, 2.05) is 12.1 Å². The van der Waals surface area contributed by atoms with E-state index in [9.17, 15) is 9.90 Å². The standard InChI is InChI=1S/C17H24N2O2/c1-17(2,3)13-7-9-19(10-8-13)11-12-5-4-6-14(18)15(12)16(20)21/h4-7H,8-11,18H2,1-3H3,(H,20,21). The number of benzene rings is 1. The number of carboxylic acids is 1. The highest BCUT2D eigenvalue weighted by molar-refractivity contribution is 5.95. The molecular weight excluding hydrogens is 264 g/mol. The number of nitrogen functional groups attached to an aromatic ring is 1. The van der Waals surface area contributed by atoms with Gasteiger partial charge in [-0.15, -0.1) is 0 Å². The van der Waals surface area contributed by atoms with Crippen molar-refractivity contribution in [2.24, 2.45) is 5.41 Å². The Hall–Kier alpha value is -1.81. The average Bonchev–Trinajstić information content (AvgIpc) is 2.38. The van der Waals surface area contributed by atoms with Gasteiger partial charge < -0.3 is 10.8 Å². The van der Waals surface area contributed by atoms with Gasteiger partial charge in [-0.3, -0.25) is 4.90 Å². The van der Waals surface area contributed by atoms with Gasteiger partial charge in [0, 0.05) is 25.3 Å². The first kappa shape index (κ1) is 15.6. The SMILES string of the molecule is CC(C)(C)C1=CCN(Cc2cccc(N)c2C(=O)O)CC1. The fraction of sp³-hybridized carbons (Fsp3) is 0.471. The molecule has 1 aliphatic heterocycles. The van der Waals surface area contributed by atoms with Crippen molar-refractivity contribution >= 4 is 11.7 Å². The molecule has 0 saturated carbocycles. The molecule has 1 aliphatic rings. The first-order chi connectivity index (χ1) is 9.79. The Bertz CT molecular complexity index is 571. The van der Waals surface area contributed by atoms with Crippen molar-refractivity contribution in [3.63, 3.8) is 0 Å². The van der Waals surface area contributed by atoms with Gasteiger partial charge in [-0.05, 0) is 23.5 Å². The van der Waals surface area contributed by atoms with Crippen molar-refractivity contribution in [3.05, 3.63) is 41.0 Å². The summed E-state index contributed by atoms with van der Waals surface area (Å²) in [7, 11) is 0. The average molecular weight is 288 g/mol. The molecule has 0 bridgehead atoms. The van der Waals surface area contributed by atoms with Gasteiger partial charge in [0.25, 0.3) is 0 Å². The van der Waals surface area contributed by atoms with Gasteiger partial charge in [-0.2, -0.15) is 0 Å². The molecule has 0 fully saturated rings. The minimum absolute atomic E-state index is 0.218. The second kappa shape index (κ2) is 5.90. The van der Waals surface area contributed by atoms with Gasteiger partial charge in [-0.1, -0.05) is 44.6 Å². The van der Waals surface area contributed by atoms with Crippen LogP contribution < -0.4 is 5.73 Å². The Morgan fingerprint density at radius 2 is 2.10 bits per heavy atom. The fourth-order valence-electron chi connectivity index (χ4n) is 2.79. The van der Waals surface area contributed by atoms with Crippen LogP contribution in [0.3, 0.4) is 0 Å². The van der Waals surface area contributed by atoms with Gasteiger partial charge in [0.1, 0.15) is 0 Å². The number of nitrogens with two attached hydrogens (primary N) is 1. The van der Waals surface area contributed by atoms with Gasteiger partial charge in [0.15, 0.2) is 0 Å². The molecule has 2 rings (SSSR count). The highest BCUT2D eigenvalue weighted by Gasteiger charge is 2.22. The molecule has 0 amide bonds. The molecule has 3 N–H and O–H groups in total. The zero-order valence-electron chi connectivity index (χ0n) is 13.0. The van der Waals surface area contributed by atoms with Gasteiger partial charge in [0.2, 0.25) is 0 Å². The van der Waals surface area contributed by atoms with Gasteiger partial charge in [-0.25, -0.2) is 4.79 Å². The van der Waals surface area contributed by atoms with E-state index in [-0.39, 0.29) is 11.0 Å². The number of rotatable bonds is 3. The highest BCUT2D eigenvalue weighted by atomic mass is 16.4. The predicted molar refractivity (Wildman–Crippen MR) is 85.2 cm³/mol. The van der Waals surface area contributed by atoms with Crippen molar-refractivity contribution in [2.45, 2.75) is 33.7 Å². The summed E-state index contributed by atoms with van der Waals surface area (Å²) in [5, 5.41) is 9.31. The van der Waals surface area contributed by atoms with E-state index in [0.717, 1.165) is 25.1 Å². The molecule has 0 aliphatic carbocycles. The largest absolute Gasteiger partial charge is 0.478 e. The van der Waals surface area contributed by atoms with E-state index in [0.29, 0.717) is 12.2 Å². The molecule has 0 aromatic heterocycles.